The zero-order valence-corrected chi connectivity index (χ0v) is 18.1. The lowest BCUT2D eigenvalue weighted by molar-refractivity contribution is -0.133. The monoisotopic (exact) mass is 417 g/mol. The van der Waals surface area contributed by atoms with Gasteiger partial charge in [-0.2, -0.15) is 0 Å². The molecule has 0 radical (unpaired) electrons. The van der Waals surface area contributed by atoms with Crippen molar-refractivity contribution in [3.8, 4) is 0 Å². The van der Waals surface area contributed by atoms with Crippen LogP contribution >= 0.6 is 0 Å². The van der Waals surface area contributed by atoms with Crippen molar-refractivity contribution in [1.82, 2.24) is 4.90 Å². The van der Waals surface area contributed by atoms with E-state index in [9.17, 15) is 19.2 Å². The summed E-state index contributed by atoms with van der Waals surface area (Å²) in [7, 11) is 0. The molecule has 1 fully saturated rings. The standard InChI is InChI=1S/C26H27NO4/c1-16-3-4-19(11-17(16)2)13-21(28)7-5-18-6-9-23-20(12-18)15-27(26(23)31)24-10-8-22(29)14-25(24)30/h3-4,6,9,11-12,24H,5,7-8,10,13-15H2,1-2H3. The van der Waals surface area contributed by atoms with Gasteiger partial charge in [0.15, 0.2) is 5.78 Å². The number of hydrogen-bond acceptors (Lipinski definition) is 4. The Hall–Kier alpha value is -3.08. The first-order valence-electron chi connectivity index (χ1n) is 10.9. The van der Waals surface area contributed by atoms with Crippen molar-refractivity contribution in [2.75, 3.05) is 0 Å². The van der Waals surface area contributed by atoms with Crippen LogP contribution in [0.1, 0.15) is 63.9 Å². The van der Waals surface area contributed by atoms with Crippen molar-refractivity contribution >= 4 is 23.3 Å². The van der Waals surface area contributed by atoms with Gasteiger partial charge in [0.25, 0.3) is 5.91 Å². The first-order valence-corrected chi connectivity index (χ1v) is 10.9. The molecular weight excluding hydrogens is 390 g/mol. The number of amides is 1. The molecule has 0 aromatic heterocycles. The summed E-state index contributed by atoms with van der Waals surface area (Å²) < 4.78 is 0. The predicted molar refractivity (Wildman–Crippen MR) is 117 cm³/mol. The zero-order valence-electron chi connectivity index (χ0n) is 18.1. The van der Waals surface area contributed by atoms with E-state index < -0.39 is 6.04 Å². The molecular formula is C26H27NO4. The highest BCUT2D eigenvalue weighted by molar-refractivity contribution is 6.07. The highest BCUT2D eigenvalue weighted by atomic mass is 16.2. The molecule has 1 aliphatic heterocycles. The van der Waals surface area contributed by atoms with Crippen LogP contribution in [-0.2, 0) is 33.8 Å². The molecule has 2 aromatic rings. The highest BCUT2D eigenvalue weighted by Crippen LogP contribution is 2.29. The first kappa shape index (κ1) is 21.2. The number of carbonyl (C=O) groups excluding carboxylic acids is 4. The number of hydrogen-bond donors (Lipinski definition) is 0. The minimum absolute atomic E-state index is 0.0434. The van der Waals surface area contributed by atoms with Crippen molar-refractivity contribution in [1.29, 1.82) is 0 Å². The van der Waals surface area contributed by atoms with Crippen LogP contribution < -0.4 is 0 Å². The molecule has 1 unspecified atom stereocenters. The van der Waals surface area contributed by atoms with E-state index in [0.717, 1.165) is 16.7 Å². The minimum atomic E-state index is -0.499. The first-order chi connectivity index (χ1) is 14.8. The van der Waals surface area contributed by atoms with E-state index in [0.29, 0.717) is 44.2 Å². The van der Waals surface area contributed by atoms with Gasteiger partial charge in [0.1, 0.15) is 11.6 Å². The normalized spacial score (nSPS) is 18.5. The van der Waals surface area contributed by atoms with Gasteiger partial charge in [-0.1, -0.05) is 30.3 Å². The SMILES string of the molecule is Cc1ccc(CC(=O)CCc2ccc3c(c2)CN(C2CCC(=O)CC2=O)C3=O)cc1C. The Kier molecular flexibility index (Phi) is 5.86. The number of Topliss-reactive ketones (excluding diaryl/α,β-unsaturated/α-hetero) is 3. The lowest BCUT2D eigenvalue weighted by Crippen LogP contribution is -2.44. The quantitative estimate of drug-likeness (QED) is 0.672. The second kappa shape index (κ2) is 8.58. The molecule has 5 heteroatoms. The molecule has 1 amide bonds. The summed E-state index contributed by atoms with van der Waals surface area (Å²) in [6, 6.07) is 11.3. The van der Waals surface area contributed by atoms with Crippen LogP contribution in [0.4, 0.5) is 0 Å². The molecule has 2 aliphatic rings. The predicted octanol–water partition coefficient (Wildman–Crippen LogP) is 3.69. The molecule has 0 N–H and O–H groups in total. The Morgan fingerprint density at radius 3 is 2.52 bits per heavy atom. The summed E-state index contributed by atoms with van der Waals surface area (Å²) >= 11 is 0. The number of nitrogens with zero attached hydrogens (tertiary/aromatic N) is 1. The third-order valence-electron chi connectivity index (χ3n) is 6.48. The number of aryl methyl sites for hydroxylation is 3. The van der Waals surface area contributed by atoms with Crippen molar-refractivity contribution in [2.45, 2.75) is 65.0 Å². The Balaban J connectivity index is 1.38. The van der Waals surface area contributed by atoms with Gasteiger partial charge < -0.3 is 4.90 Å². The van der Waals surface area contributed by atoms with Crippen molar-refractivity contribution in [3.63, 3.8) is 0 Å². The fourth-order valence-electron chi connectivity index (χ4n) is 4.51. The van der Waals surface area contributed by atoms with Crippen molar-refractivity contribution in [2.24, 2.45) is 0 Å². The Morgan fingerprint density at radius 1 is 1.00 bits per heavy atom. The lowest BCUT2D eigenvalue weighted by Gasteiger charge is -2.29. The Morgan fingerprint density at radius 2 is 1.77 bits per heavy atom. The van der Waals surface area contributed by atoms with Gasteiger partial charge >= 0.3 is 0 Å². The van der Waals surface area contributed by atoms with Crippen molar-refractivity contribution < 1.29 is 19.2 Å². The van der Waals surface area contributed by atoms with Crippen LogP contribution in [-0.4, -0.2) is 34.2 Å². The highest BCUT2D eigenvalue weighted by Gasteiger charge is 2.38. The largest absolute Gasteiger partial charge is 0.324 e. The average Bonchev–Trinajstić information content (AvgIpc) is 3.05. The summed E-state index contributed by atoms with van der Waals surface area (Å²) in [4.78, 5) is 50.6. The maximum absolute atomic E-state index is 12.8. The van der Waals surface area contributed by atoms with Crippen molar-refractivity contribution in [3.05, 3.63) is 69.8 Å². The molecule has 1 heterocycles. The van der Waals surface area contributed by atoms with E-state index >= 15 is 0 Å². The Labute approximate surface area is 182 Å². The maximum Gasteiger partial charge on any atom is 0.255 e. The van der Waals surface area contributed by atoms with Gasteiger partial charge in [-0.15, -0.1) is 0 Å². The fourth-order valence-corrected chi connectivity index (χ4v) is 4.51. The summed E-state index contributed by atoms with van der Waals surface area (Å²) in [5, 5.41) is 0. The zero-order chi connectivity index (χ0) is 22.1. The van der Waals surface area contributed by atoms with E-state index in [4.69, 9.17) is 0 Å². The molecule has 0 spiro atoms. The van der Waals surface area contributed by atoms with Crippen LogP contribution in [0.5, 0.6) is 0 Å². The van der Waals surface area contributed by atoms with E-state index in [2.05, 4.69) is 19.9 Å². The second-order valence-electron chi connectivity index (χ2n) is 8.79. The molecule has 2 aromatic carbocycles. The maximum atomic E-state index is 12.8. The van der Waals surface area contributed by atoms with Crippen LogP contribution in [0.15, 0.2) is 36.4 Å². The molecule has 4 rings (SSSR count). The molecule has 1 atom stereocenters. The molecule has 1 aliphatic carbocycles. The number of carbonyl (C=O) groups is 4. The van der Waals surface area contributed by atoms with E-state index in [1.807, 2.05) is 24.3 Å². The minimum Gasteiger partial charge on any atom is -0.324 e. The van der Waals surface area contributed by atoms with Gasteiger partial charge in [-0.3, -0.25) is 19.2 Å². The number of ketones is 3. The van der Waals surface area contributed by atoms with Gasteiger partial charge in [-0.05, 0) is 60.6 Å². The lowest BCUT2D eigenvalue weighted by atomic mass is 9.92. The average molecular weight is 418 g/mol. The third-order valence-corrected chi connectivity index (χ3v) is 6.48. The van der Waals surface area contributed by atoms with Crippen LogP contribution in [0, 0.1) is 13.8 Å². The van der Waals surface area contributed by atoms with E-state index in [1.165, 1.54) is 11.1 Å². The van der Waals surface area contributed by atoms with Gasteiger partial charge in [0, 0.05) is 31.4 Å². The van der Waals surface area contributed by atoms with E-state index in [-0.39, 0.29) is 29.7 Å². The summed E-state index contributed by atoms with van der Waals surface area (Å²) in [6.45, 7) is 4.50. The van der Waals surface area contributed by atoms with Gasteiger partial charge in [0.05, 0.1) is 12.5 Å². The summed E-state index contributed by atoms with van der Waals surface area (Å²) in [6.07, 6.45) is 2.20. The van der Waals surface area contributed by atoms with Crippen LogP contribution in [0.25, 0.3) is 0 Å². The molecule has 1 saturated carbocycles. The van der Waals surface area contributed by atoms with Crippen LogP contribution in [0.3, 0.4) is 0 Å². The summed E-state index contributed by atoms with van der Waals surface area (Å²) in [5.41, 5.74) is 5.99. The number of benzene rings is 2. The summed E-state index contributed by atoms with van der Waals surface area (Å²) in [5.74, 6) is -0.147. The molecule has 0 bridgehead atoms. The molecule has 160 valence electrons. The molecule has 0 saturated heterocycles. The number of fused-ring (bicyclic) bond motifs is 1. The third kappa shape index (κ3) is 4.50. The molecule has 5 nitrogen and oxygen atoms in total. The van der Waals surface area contributed by atoms with Gasteiger partial charge in [0.2, 0.25) is 0 Å². The van der Waals surface area contributed by atoms with Gasteiger partial charge in [-0.25, -0.2) is 0 Å². The van der Waals surface area contributed by atoms with Crippen LogP contribution in [0.2, 0.25) is 0 Å². The smallest absolute Gasteiger partial charge is 0.255 e. The molecule has 31 heavy (non-hydrogen) atoms. The fraction of sp³-hybridized carbons (Fsp3) is 0.385. The second-order valence-corrected chi connectivity index (χ2v) is 8.79. The van der Waals surface area contributed by atoms with E-state index in [1.54, 1.807) is 11.0 Å². The Bertz CT molecular complexity index is 1080. The topological polar surface area (TPSA) is 71.5 Å². The number of rotatable bonds is 6.